The molecule has 5 heteroatoms. The van der Waals surface area contributed by atoms with Crippen molar-refractivity contribution in [2.75, 3.05) is 6.54 Å². The Hall–Kier alpha value is -0.770. The Morgan fingerprint density at radius 2 is 2.19 bits per heavy atom. The first-order chi connectivity index (χ1) is 7.52. The molecule has 0 saturated carbocycles. The van der Waals surface area contributed by atoms with E-state index in [2.05, 4.69) is 5.32 Å². The van der Waals surface area contributed by atoms with Gasteiger partial charge in [0.15, 0.2) is 0 Å². The first-order valence-electron chi connectivity index (χ1n) is 4.98. The molecule has 0 heterocycles. The highest BCUT2D eigenvalue weighted by molar-refractivity contribution is 6.42. The number of carbonyl (C=O) groups excluding carboxylic acids is 1. The highest BCUT2D eigenvalue weighted by Crippen LogP contribution is 2.29. The van der Waals surface area contributed by atoms with Crippen LogP contribution in [0, 0.1) is 0 Å². The zero-order valence-corrected chi connectivity index (χ0v) is 10.5. The van der Waals surface area contributed by atoms with Gasteiger partial charge >= 0.3 is 0 Å². The lowest BCUT2D eigenvalue weighted by molar-refractivity contribution is -0.117. The van der Waals surface area contributed by atoms with E-state index >= 15 is 0 Å². The van der Waals surface area contributed by atoms with Gasteiger partial charge < -0.3 is 11.1 Å². The number of hydrogen-bond donors (Lipinski definition) is 2. The molecule has 1 unspecified atom stereocenters. The summed E-state index contributed by atoms with van der Waals surface area (Å²) in [6.07, 6.45) is 0.308. The third-order valence-electron chi connectivity index (χ3n) is 2.27. The number of nitrogens with one attached hydrogen (secondary N) is 1. The van der Waals surface area contributed by atoms with Gasteiger partial charge in [-0.2, -0.15) is 0 Å². The van der Waals surface area contributed by atoms with Crippen LogP contribution in [0.4, 0.5) is 0 Å². The molecule has 0 spiro atoms. The van der Waals surface area contributed by atoms with Gasteiger partial charge in [0.25, 0.3) is 0 Å². The molecule has 1 amide bonds. The van der Waals surface area contributed by atoms with E-state index in [1.807, 2.05) is 19.1 Å². The molecule has 0 radical (unpaired) electrons. The molecule has 0 aromatic heterocycles. The maximum absolute atomic E-state index is 10.6. The van der Waals surface area contributed by atoms with E-state index in [4.69, 9.17) is 28.9 Å². The van der Waals surface area contributed by atoms with Crippen molar-refractivity contribution in [1.82, 2.24) is 5.32 Å². The van der Waals surface area contributed by atoms with Crippen molar-refractivity contribution in [3.05, 3.63) is 33.8 Å². The Morgan fingerprint density at radius 3 is 2.81 bits per heavy atom. The number of rotatable bonds is 5. The van der Waals surface area contributed by atoms with Crippen molar-refractivity contribution < 1.29 is 4.79 Å². The number of carbonyl (C=O) groups is 1. The van der Waals surface area contributed by atoms with Gasteiger partial charge in [-0.3, -0.25) is 4.79 Å². The smallest absolute Gasteiger partial charge is 0.218 e. The van der Waals surface area contributed by atoms with Crippen LogP contribution >= 0.6 is 23.2 Å². The molecule has 0 bridgehead atoms. The van der Waals surface area contributed by atoms with E-state index in [-0.39, 0.29) is 11.9 Å². The molecule has 3 N–H and O–H groups in total. The summed E-state index contributed by atoms with van der Waals surface area (Å²) in [5.74, 6) is -0.322. The molecule has 0 fully saturated rings. The molecule has 0 saturated heterocycles. The topological polar surface area (TPSA) is 55.1 Å². The number of benzene rings is 1. The van der Waals surface area contributed by atoms with Crippen molar-refractivity contribution in [2.45, 2.75) is 19.4 Å². The Kier molecular flexibility index (Phi) is 5.06. The minimum absolute atomic E-state index is 0.0329. The van der Waals surface area contributed by atoms with Crippen LogP contribution in [0.5, 0.6) is 0 Å². The van der Waals surface area contributed by atoms with Crippen LogP contribution in [-0.4, -0.2) is 12.5 Å². The van der Waals surface area contributed by atoms with Crippen LogP contribution in [0.3, 0.4) is 0 Å². The summed E-state index contributed by atoms with van der Waals surface area (Å²) in [6, 6.07) is 5.51. The normalized spacial score (nSPS) is 12.4. The van der Waals surface area contributed by atoms with Gasteiger partial charge in [0.2, 0.25) is 5.91 Å². The molecule has 1 aromatic rings. The fraction of sp³-hybridized carbons (Fsp3) is 0.364. The van der Waals surface area contributed by atoms with Gasteiger partial charge in [-0.1, -0.05) is 35.3 Å². The molecule has 16 heavy (non-hydrogen) atoms. The SMILES string of the molecule is CC(NCCC(N)=O)c1cccc(Cl)c1Cl. The standard InChI is InChI=1S/C11H14Cl2N2O/c1-7(15-6-5-10(14)16)8-3-2-4-9(12)11(8)13/h2-4,7,15H,5-6H2,1H3,(H2,14,16). The number of amides is 1. The minimum Gasteiger partial charge on any atom is -0.370 e. The van der Waals surface area contributed by atoms with Gasteiger partial charge in [-0.25, -0.2) is 0 Å². The fourth-order valence-corrected chi connectivity index (χ4v) is 1.85. The summed E-state index contributed by atoms with van der Waals surface area (Å²) in [7, 11) is 0. The van der Waals surface area contributed by atoms with Gasteiger partial charge in [-0.05, 0) is 18.6 Å². The molecular weight excluding hydrogens is 247 g/mol. The summed E-state index contributed by atoms with van der Waals surface area (Å²) < 4.78 is 0. The van der Waals surface area contributed by atoms with Gasteiger partial charge in [0.05, 0.1) is 10.0 Å². The quantitative estimate of drug-likeness (QED) is 0.855. The van der Waals surface area contributed by atoms with Crippen LogP contribution < -0.4 is 11.1 Å². The summed E-state index contributed by atoms with van der Waals surface area (Å²) in [4.78, 5) is 10.6. The highest BCUT2D eigenvalue weighted by Gasteiger charge is 2.11. The summed E-state index contributed by atoms with van der Waals surface area (Å²) in [5, 5.41) is 4.23. The van der Waals surface area contributed by atoms with Crippen molar-refractivity contribution in [2.24, 2.45) is 5.73 Å². The number of primary amides is 1. The van der Waals surface area contributed by atoms with E-state index in [0.717, 1.165) is 5.56 Å². The van der Waals surface area contributed by atoms with Crippen LogP contribution in [0.15, 0.2) is 18.2 Å². The number of nitrogens with two attached hydrogens (primary N) is 1. The molecule has 88 valence electrons. The van der Waals surface area contributed by atoms with Crippen LogP contribution in [-0.2, 0) is 4.79 Å². The lowest BCUT2D eigenvalue weighted by Crippen LogP contribution is -2.24. The lowest BCUT2D eigenvalue weighted by Gasteiger charge is -2.15. The summed E-state index contributed by atoms with van der Waals surface area (Å²) in [5.41, 5.74) is 5.96. The van der Waals surface area contributed by atoms with Gasteiger partial charge in [-0.15, -0.1) is 0 Å². The Morgan fingerprint density at radius 1 is 1.50 bits per heavy atom. The van der Waals surface area contributed by atoms with Crippen molar-refractivity contribution in [1.29, 1.82) is 0 Å². The maximum atomic E-state index is 10.6. The van der Waals surface area contributed by atoms with E-state index < -0.39 is 0 Å². The number of halogens is 2. The van der Waals surface area contributed by atoms with Crippen LogP contribution in [0.1, 0.15) is 24.9 Å². The Balaban J connectivity index is 2.62. The maximum Gasteiger partial charge on any atom is 0.218 e. The third kappa shape index (κ3) is 3.67. The summed E-state index contributed by atoms with van der Waals surface area (Å²) >= 11 is 12.0. The number of hydrogen-bond acceptors (Lipinski definition) is 2. The minimum atomic E-state index is -0.322. The predicted octanol–water partition coefficient (Wildman–Crippen LogP) is 2.52. The first-order valence-corrected chi connectivity index (χ1v) is 5.73. The Labute approximate surface area is 105 Å². The average Bonchev–Trinajstić information content (AvgIpc) is 2.21. The zero-order valence-electron chi connectivity index (χ0n) is 8.97. The van der Waals surface area contributed by atoms with Gasteiger partial charge in [0.1, 0.15) is 0 Å². The molecule has 1 aromatic carbocycles. The lowest BCUT2D eigenvalue weighted by atomic mass is 10.1. The zero-order chi connectivity index (χ0) is 12.1. The fourth-order valence-electron chi connectivity index (χ4n) is 1.38. The second kappa shape index (κ2) is 6.09. The second-order valence-corrected chi connectivity index (χ2v) is 4.32. The van der Waals surface area contributed by atoms with Gasteiger partial charge in [0, 0.05) is 19.0 Å². The molecule has 0 aliphatic carbocycles. The van der Waals surface area contributed by atoms with Crippen LogP contribution in [0.2, 0.25) is 10.0 Å². The Bertz CT molecular complexity index is 382. The van der Waals surface area contributed by atoms with Crippen molar-refractivity contribution >= 4 is 29.1 Å². The molecule has 0 aliphatic rings. The monoisotopic (exact) mass is 260 g/mol. The largest absolute Gasteiger partial charge is 0.370 e. The molecular formula is C11H14Cl2N2O. The van der Waals surface area contributed by atoms with E-state index in [1.165, 1.54) is 0 Å². The second-order valence-electron chi connectivity index (χ2n) is 3.54. The molecule has 3 nitrogen and oxygen atoms in total. The van der Waals surface area contributed by atoms with Crippen LogP contribution in [0.25, 0.3) is 0 Å². The third-order valence-corrected chi connectivity index (χ3v) is 3.10. The van der Waals surface area contributed by atoms with E-state index in [0.29, 0.717) is 23.0 Å². The molecule has 0 aliphatic heterocycles. The molecule has 1 atom stereocenters. The predicted molar refractivity (Wildman–Crippen MR) is 66.7 cm³/mol. The van der Waals surface area contributed by atoms with Crippen molar-refractivity contribution in [3.8, 4) is 0 Å². The van der Waals surface area contributed by atoms with E-state index in [1.54, 1.807) is 6.07 Å². The molecule has 1 rings (SSSR count). The highest BCUT2D eigenvalue weighted by atomic mass is 35.5. The summed E-state index contributed by atoms with van der Waals surface area (Å²) in [6.45, 7) is 2.48. The van der Waals surface area contributed by atoms with E-state index in [9.17, 15) is 4.79 Å². The first kappa shape index (κ1) is 13.3. The average molecular weight is 261 g/mol. The van der Waals surface area contributed by atoms with Crippen molar-refractivity contribution in [3.63, 3.8) is 0 Å².